The third kappa shape index (κ3) is 11.1. The van der Waals surface area contributed by atoms with Crippen LogP contribution in [-0.2, 0) is 0 Å². The van der Waals surface area contributed by atoms with Gasteiger partial charge in [0.15, 0.2) is 29.1 Å². The Labute approximate surface area is 707 Å². The van der Waals surface area contributed by atoms with Gasteiger partial charge in [0, 0.05) is 96.4 Å². The van der Waals surface area contributed by atoms with Crippen LogP contribution in [0.1, 0.15) is 0 Å². The summed E-state index contributed by atoms with van der Waals surface area (Å²) in [5.41, 5.74) is 21.2. The lowest BCUT2D eigenvalue weighted by Gasteiger charge is -2.22. The Hall–Kier alpha value is -15.1. The standard InChI is InChI=1S/C57H38N6SSi.C50H34N6Si/c1-65(2)49-30-14-11-25-44(49)51-53(65)50(38-22-15-21-37(33-38)40-26-16-27-43-42-24-10-13-29-48(42)64-52(40)43)58-56(59-51)39-31-32-47-45(34-39)41-23-9-12-28-46(41)63(47)57-61-54(35-17-5-3-6-18-35)60-55(62-57)36-19-7-4-8-20-36;1-57(2)44-27-15-10-22-37(44)45-46(57)50(56-40-24-12-7-18-33(40)34-19-8-13-25-41(34)56)54-48(52-45)32-28-29-43-38(30-32)35-20-9-14-26-42(35)55(43)49-36-21-6-11-23-39(36)51-47(53-49)31-16-4-3-5-17-31/h3-34H,1-2H3;3-30H,1-2H3. The van der Waals surface area contributed by atoms with E-state index in [-0.39, 0.29) is 0 Å². The zero-order chi connectivity index (χ0) is 81.1. The van der Waals surface area contributed by atoms with E-state index in [4.69, 9.17) is 44.9 Å². The van der Waals surface area contributed by atoms with Crippen molar-refractivity contribution in [2.75, 3.05) is 0 Å². The van der Waals surface area contributed by atoms with Crippen LogP contribution in [0.15, 0.2) is 364 Å². The molecule has 0 spiro atoms. The van der Waals surface area contributed by atoms with Crippen LogP contribution in [0.3, 0.4) is 0 Å². The van der Waals surface area contributed by atoms with E-state index in [2.05, 4.69) is 319 Å². The van der Waals surface area contributed by atoms with Gasteiger partial charge in [-0.2, -0.15) is 9.97 Å². The van der Waals surface area contributed by atoms with Crippen LogP contribution in [0.4, 0.5) is 0 Å². The molecule has 0 saturated heterocycles. The van der Waals surface area contributed by atoms with Gasteiger partial charge < -0.3 is 0 Å². The molecule has 12 nitrogen and oxygen atoms in total. The van der Waals surface area contributed by atoms with Crippen molar-refractivity contribution >= 4 is 145 Å². The molecule has 2 aliphatic heterocycles. The van der Waals surface area contributed by atoms with Crippen molar-refractivity contribution in [2.45, 2.75) is 26.2 Å². The van der Waals surface area contributed by atoms with Gasteiger partial charge in [-0.3, -0.25) is 13.7 Å². The monoisotopic (exact) mass is 1610 g/mol. The second-order valence-corrected chi connectivity index (χ2v) is 42.4. The van der Waals surface area contributed by atoms with Crippen LogP contribution in [0.2, 0.25) is 26.2 Å². The van der Waals surface area contributed by atoms with E-state index in [1.54, 1.807) is 0 Å². The minimum atomic E-state index is -2.21. The molecule has 0 fully saturated rings. The molecule has 0 amide bonds. The van der Waals surface area contributed by atoms with Crippen LogP contribution in [-0.4, -0.2) is 74.7 Å². The molecule has 0 aliphatic carbocycles. The fourth-order valence-electron chi connectivity index (χ4n) is 19.3. The van der Waals surface area contributed by atoms with Crippen molar-refractivity contribution < 1.29 is 0 Å². The molecule has 0 radical (unpaired) electrons. The topological polar surface area (TPSA) is 131 Å². The van der Waals surface area contributed by atoms with Gasteiger partial charge in [0.25, 0.3) is 0 Å². The average Bonchev–Trinajstić information content (AvgIpc) is 1.55. The van der Waals surface area contributed by atoms with E-state index in [9.17, 15) is 0 Å². The van der Waals surface area contributed by atoms with Gasteiger partial charge in [-0.05, 0) is 123 Å². The van der Waals surface area contributed by atoms with Gasteiger partial charge in [-0.25, -0.2) is 34.9 Å². The Morgan fingerprint density at radius 2 is 0.615 bits per heavy atom. The van der Waals surface area contributed by atoms with Gasteiger partial charge in [0.1, 0.15) is 27.8 Å². The highest BCUT2D eigenvalue weighted by Gasteiger charge is 2.44. The number of benzene rings is 15. The van der Waals surface area contributed by atoms with E-state index >= 15 is 0 Å². The largest absolute Gasteiger partial charge is 0.294 e. The van der Waals surface area contributed by atoms with Gasteiger partial charge >= 0.3 is 0 Å². The van der Waals surface area contributed by atoms with E-state index in [1.165, 1.54) is 73.9 Å². The summed E-state index contributed by atoms with van der Waals surface area (Å²) >= 11 is 1.87. The molecule has 0 N–H and O–H groups in total. The summed E-state index contributed by atoms with van der Waals surface area (Å²) in [4.78, 5) is 47.9. The molecule has 122 heavy (non-hydrogen) atoms. The van der Waals surface area contributed by atoms with Crippen molar-refractivity contribution in [3.05, 3.63) is 364 Å². The number of aromatic nitrogens is 12. The van der Waals surface area contributed by atoms with Crippen molar-refractivity contribution in [3.63, 3.8) is 0 Å². The number of fused-ring (bicyclic) bond motifs is 19. The Kier molecular flexibility index (Phi) is 16.1. The third-order valence-electron chi connectivity index (χ3n) is 25.0. The number of para-hydroxylation sites is 5. The summed E-state index contributed by atoms with van der Waals surface area (Å²) in [5, 5.41) is 15.8. The fourth-order valence-corrected chi connectivity index (χ4v) is 26.9. The van der Waals surface area contributed by atoms with E-state index in [0.717, 1.165) is 128 Å². The predicted octanol–water partition coefficient (Wildman–Crippen LogP) is 24.0. The number of hydrogen-bond acceptors (Lipinski definition) is 10. The van der Waals surface area contributed by atoms with Crippen molar-refractivity contribution in [3.8, 4) is 119 Å². The predicted molar refractivity (Wildman–Crippen MR) is 509 cm³/mol. The summed E-state index contributed by atoms with van der Waals surface area (Å²) in [5.74, 6) is 5.73. The summed E-state index contributed by atoms with van der Waals surface area (Å²) in [6.45, 7) is 9.78. The number of rotatable bonds is 10. The van der Waals surface area contributed by atoms with E-state index in [1.807, 2.05) is 96.3 Å². The first kappa shape index (κ1) is 71.0. The maximum Gasteiger partial charge on any atom is 0.238 e. The van der Waals surface area contributed by atoms with Gasteiger partial charge in [-0.1, -0.05) is 305 Å². The van der Waals surface area contributed by atoms with Crippen molar-refractivity contribution in [2.24, 2.45) is 0 Å². The Bertz CT molecular complexity index is 8190. The molecule has 15 heteroatoms. The molecule has 8 aromatic heterocycles. The molecule has 574 valence electrons. The minimum Gasteiger partial charge on any atom is -0.294 e. The second kappa shape index (κ2) is 27.7. The molecule has 23 aromatic rings. The van der Waals surface area contributed by atoms with Crippen LogP contribution in [0.5, 0.6) is 0 Å². The number of thiophene rings is 1. The lowest BCUT2D eigenvalue weighted by Crippen LogP contribution is -2.51. The molecule has 10 heterocycles. The lowest BCUT2D eigenvalue weighted by atomic mass is 9.99. The maximum absolute atomic E-state index is 5.63. The Balaban J connectivity index is 0.000000139. The first-order valence-corrected chi connectivity index (χ1v) is 48.2. The first-order chi connectivity index (χ1) is 60.0. The SMILES string of the molecule is C[Si]1(C)c2ccccc2-c2nc(-c3ccc4c(c3)c3ccccc3n4-c3nc(-c4ccccc4)nc(-c4ccccc4)n3)nc(-c3cccc(-c4cccc5c4sc4ccccc45)c3)c21.C[Si]1(C)c2ccccc2-c2nc(-c3ccc4c(c3)c3ccccc3n4-c3nc(-c4ccccc4)nc4ccccc34)nc(-n3c4ccccc4c4ccccc43)c21. The quantitative estimate of drug-likeness (QED) is 0.123. The molecule has 0 unspecified atom stereocenters. The van der Waals surface area contributed by atoms with Crippen LogP contribution in [0.25, 0.3) is 216 Å². The highest BCUT2D eigenvalue weighted by Crippen LogP contribution is 2.45. The van der Waals surface area contributed by atoms with Gasteiger partial charge in [0.05, 0.1) is 55.7 Å². The smallest absolute Gasteiger partial charge is 0.238 e. The maximum atomic E-state index is 5.63. The summed E-state index contributed by atoms with van der Waals surface area (Å²) in [6.07, 6.45) is 0. The molecule has 0 atom stereocenters. The van der Waals surface area contributed by atoms with Crippen LogP contribution < -0.4 is 20.7 Å². The highest BCUT2D eigenvalue weighted by molar-refractivity contribution is 7.26. The number of hydrogen-bond donors (Lipinski definition) is 0. The first-order valence-electron chi connectivity index (χ1n) is 41.3. The molecule has 0 saturated carbocycles. The molecule has 25 rings (SSSR count). The second-order valence-electron chi connectivity index (χ2n) is 32.7. The minimum absolute atomic E-state index is 0.558. The van der Waals surface area contributed by atoms with Crippen molar-refractivity contribution in [1.82, 2.24) is 58.6 Å². The average molecular weight is 1610 g/mol. The van der Waals surface area contributed by atoms with Crippen molar-refractivity contribution in [1.29, 1.82) is 0 Å². The highest BCUT2D eigenvalue weighted by atomic mass is 32.1. The van der Waals surface area contributed by atoms with Crippen LogP contribution in [0, 0.1) is 0 Å². The zero-order valence-corrected chi connectivity index (χ0v) is 69.7. The molecular weight excluding hydrogens is 1540 g/mol. The molecule has 0 bridgehead atoms. The van der Waals surface area contributed by atoms with E-state index in [0.29, 0.717) is 35.1 Å². The Morgan fingerprint density at radius 3 is 1.20 bits per heavy atom. The normalized spacial score (nSPS) is 13.0. The summed E-state index contributed by atoms with van der Waals surface area (Å²) in [6, 6.07) is 129. The summed E-state index contributed by atoms with van der Waals surface area (Å²) in [7, 11) is -4.42. The van der Waals surface area contributed by atoms with Gasteiger partial charge in [0.2, 0.25) is 5.95 Å². The molecule has 15 aromatic carbocycles. The third-order valence-corrected chi connectivity index (χ3v) is 33.2. The lowest BCUT2D eigenvalue weighted by molar-refractivity contribution is 0.953. The van der Waals surface area contributed by atoms with Crippen LogP contribution >= 0.6 is 11.3 Å². The van der Waals surface area contributed by atoms with Gasteiger partial charge in [-0.15, -0.1) is 11.3 Å². The molecular formula is C107H72N12SSi2. The number of nitrogens with zero attached hydrogens (tertiary/aromatic N) is 12. The summed E-state index contributed by atoms with van der Waals surface area (Å²) < 4.78 is 9.46. The fraction of sp³-hybridized carbons (Fsp3) is 0.0374. The molecule has 2 aliphatic rings. The Morgan fingerprint density at radius 1 is 0.230 bits per heavy atom. The van der Waals surface area contributed by atoms with E-state index < -0.39 is 16.1 Å². The zero-order valence-electron chi connectivity index (χ0n) is 66.9.